The summed E-state index contributed by atoms with van der Waals surface area (Å²) in [5.74, 6) is 0.513. The average Bonchev–Trinajstić information content (AvgIpc) is 3.10. The van der Waals surface area contributed by atoms with Gasteiger partial charge in [-0.3, -0.25) is 9.69 Å². The number of nitrogens with one attached hydrogen (secondary N) is 1. The molecule has 206 valence electrons. The van der Waals surface area contributed by atoms with Crippen LogP contribution in [-0.2, 0) is 23.8 Å². The number of aliphatic imine (C=N–C) groups is 1. The van der Waals surface area contributed by atoms with E-state index in [1.807, 2.05) is 18.2 Å². The van der Waals surface area contributed by atoms with Crippen LogP contribution in [0.1, 0.15) is 16.7 Å². The third-order valence-electron chi connectivity index (χ3n) is 6.56. The molecule has 1 amide bonds. The van der Waals surface area contributed by atoms with E-state index in [2.05, 4.69) is 20.2 Å². The molecule has 1 aliphatic rings. The number of carbonyl (C=O) groups excluding carboxylic acids is 1. The van der Waals surface area contributed by atoms with Crippen LogP contribution in [0.5, 0.6) is 5.75 Å². The van der Waals surface area contributed by atoms with Crippen LogP contribution >= 0.6 is 0 Å². The van der Waals surface area contributed by atoms with Gasteiger partial charge >= 0.3 is 6.18 Å². The van der Waals surface area contributed by atoms with Gasteiger partial charge in [0.1, 0.15) is 5.75 Å². The van der Waals surface area contributed by atoms with Crippen molar-refractivity contribution in [1.29, 1.82) is 0 Å². The molecule has 0 unspecified atom stereocenters. The minimum absolute atomic E-state index is 0.0349. The highest BCUT2D eigenvalue weighted by Crippen LogP contribution is 2.39. The molecule has 0 aliphatic carbocycles. The van der Waals surface area contributed by atoms with Gasteiger partial charge in [0, 0.05) is 50.2 Å². The van der Waals surface area contributed by atoms with E-state index in [1.165, 1.54) is 24.9 Å². The number of halogens is 3. The normalized spacial score (nSPS) is 14.4. The van der Waals surface area contributed by atoms with Gasteiger partial charge in [-0.1, -0.05) is 6.07 Å². The van der Waals surface area contributed by atoms with E-state index in [9.17, 15) is 18.0 Å². The Morgan fingerprint density at radius 3 is 2.54 bits per heavy atom. The molecule has 1 aromatic heterocycles. The Balaban J connectivity index is 1.55. The lowest BCUT2D eigenvalue weighted by molar-refractivity contribution is -0.137. The summed E-state index contributed by atoms with van der Waals surface area (Å²) in [5.41, 5.74) is 9.03. The van der Waals surface area contributed by atoms with Crippen LogP contribution in [0.15, 0.2) is 59.7 Å². The Labute approximate surface area is 225 Å². The fourth-order valence-electron chi connectivity index (χ4n) is 4.42. The van der Waals surface area contributed by atoms with Crippen LogP contribution in [0, 0.1) is 0 Å². The maximum Gasteiger partial charge on any atom is 0.416 e. The fourth-order valence-corrected chi connectivity index (χ4v) is 4.42. The molecule has 3 N–H and O–H groups in total. The summed E-state index contributed by atoms with van der Waals surface area (Å²) < 4.78 is 45.5. The van der Waals surface area contributed by atoms with E-state index in [0.717, 1.165) is 49.3 Å². The quantitative estimate of drug-likeness (QED) is 0.357. The molecule has 0 bridgehead atoms. The summed E-state index contributed by atoms with van der Waals surface area (Å²) in [6.07, 6.45) is -1.42. The van der Waals surface area contributed by atoms with Crippen molar-refractivity contribution in [3.05, 3.63) is 71.4 Å². The van der Waals surface area contributed by atoms with E-state index in [0.29, 0.717) is 12.1 Å². The minimum Gasteiger partial charge on any atom is -0.496 e. The van der Waals surface area contributed by atoms with E-state index < -0.39 is 11.7 Å². The number of amides is 1. The SMILES string of the molecule is COc1ccc(C(F)(F)F)cc1-c1cccnc1/N=C(\N)Nc1ccc2c(c1)CCN(CC(=O)N(C)C)CC2. The molecule has 2 aromatic carbocycles. The predicted octanol–water partition coefficient (Wildman–Crippen LogP) is 4.32. The Morgan fingerprint density at radius 2 is 1.85 bits per heavy atom. The summed E-state index contributed by atoms with van der Waals surface area (Å²) in [5, 5.41) is 3.06. The van der Waals surface area contributed by atoms with Gasteiger partial charge in [0.2, 0.25) is 5.91 Å². The van der Waals surface area contributed by atoms with Gasteiger partial charge in [0.25, 0.3) is 0 Å². The van der Waals surface area contributed by atoms with Crippen LogP contribution in [0.4, 0.5) is 24.7 Å². The summed E-state index contributed by atoms with van der Waals surface area (Å²) in [4.78, 5) is 24.5. The van der Waals surface area contributed by atoms with Crippen LogP contribution in [0.2, 0.25) is 0 Å². The highest BCUT2D eigenvalue weighted by atomic mass is 19.4. The van der Waals surface area contributed by atoms with Crippen molar-refractivity contribution in [2.45, 2.75) is 19.0 Å². The van der Waals surface area contributed by atoms with Gasteiger partial charge in [0.15, 0.2) is 11.8 Å². The molecule has 0 saturated carbocycles. The first kappa shape index (κ1) is 27.9. The Morgan fingerprint density at radius 1 is 1.10 bits per heavy atom. The summed E-state index contributed by atoms with van der Waals surface area (Å²) in [6.45, 7) is 1.94. The number of likely N-dealkylation sites (N-methyl/N-ethyl adjacent to an activating group) is 1. The molecule has 11 heteroatoms. The van der Waals surface area contributed by atoms with Crippen molar-refractivity contribution in [2.24, 2.45) is 10.7 Å². The van der Waals surface area contributed by atoms with Gasteiger partial charge < -0.3 is 20.7 Å². The maximum absolute atomic E-state index is 13.4. The van der Waals surface area contributed by atoms with Crippen LogP contribution in [0.3, 0.4) is 0 Å². The van der Waals surface area contributed by atoms with E-state index >= 15 is 0 Å². The number of nitrogens with zero attached hydrogens (tertiary/aromatic N) is 4. The lowest BCUT2D eigenvalue weighted by Crippen LogP contribution is -2.37. The number of nitrogens with two attached hydrogens (primary N) is 1. The first-order valence-corrected chi connectivity index (χ1v) is 12.4. The second-order valence-electron chi connectivity index (χ2n) is 9.46. The van der Waals surface area contributed by atoms with E-state index in [1.54, 1.807) is 31.1 Å². The summed E-state index contributed by atoms with van der Waals surface area (Å²) in [7, 11) is 4.89. The molecule has 2 heterocycles. The van der Waals surface area contributed by atoms with Gasteiger partial charge in [-0.05, 0) is 66.4 Å². The number of pyridine rings is 1. The van der Waals surface area contributed by atoms with E-state index in [4.69, 9.17) is 10.5 Å². The molecule has 0 fully saturated rings. The van der Waals surface area contributed by atoms with Crippen LogP contribution in [-0.4, -0.2) is 67.5 Å². The predicted molar refractivity (Wildman–Crippen MR) is 145 cm³/mol. The zero-order chi connectivity index (χ0) is 28.2. The maximum atomic E-state index is 13.4. The number of alkyl halides is 3. The molecule has 0 atom stereocenters. The second-order valence-corrected chi connectivity index (χ2v) is 9.46. The highest BCUT2D eigenvalue weighted by molar-refractivity contribution is 5.95. The molecule has 0 spiro atoms. The van der Waals surface area contributed by atoms with Crippen molar-refractivity contribution in [1.82, 2.24) is 14.8 Å². The number of fused-ring (bicyclic) bond motifs is 1. The molecule has 0 radical (unpaired) electrons. The monoisotopic (exact) mass is 540 g/mol. The van der Waals surface area contributed by atoms with Gasteiger partial charge in [-0.15, -0.1) is 0 Å². The van der Waals surface area contributed by atoms with Gasteiger partial charge in [-0.2, -0.15) is 18.2 Å². The molecule has 4 rings (SSSR count). The third kappa shape index (κ3) is 6.85. The lowest BCUT2D eigenvalue weighted by Gasteiger charge is -2.21. The van der Waals surface area contributed by atoms with Crippen molar-refractivity contribution >= 4 is 23.4 Å². The number of anilines is 1. The fraction of sp³-hybridized carbons (Fsp3) is 0.321. The molecular weight excluding hydrogens is 509 g/mol. The highest BCUT2D eigenvalue weighted by Gasteiger charge is 2.31. The van der Waals surface area contributed by atoms with Crippen molar-refractivity contribution in [3.8, 4) is 16.9 Å². The number of benzene rings is 2. The second kappa shape index (κ2) is 11.7. The molecule has 3 aromatic rings. The van der Waals surface area contributed by atoms with Crippen LogP contribution in [0.25, 0.3) is 11.1 Å². The Hall–Kier alpha value is -4.12. The number of ether oxygens (including phenoxy) is 1. The zero-order valence-corrected chi connectivity index (χ0v) is 22.0. The third-order valence-corrected chi connectivity index (χ3v) is 6.56. The van der Waals surface area contributed by atoms with Crippen LogP contribution < -0.4 is 15.8 Å². The average molecular weight is 541 g/mol. The molecule has 1 aliphatic heterocycles. The first-order valence-electron chi connectivity index (χ1n) is 12.4. The number of guanidine groups is 1. The number of carbonyl (C=O) groups is 1. The largest absolute Gasteiger partial charge is 0.496 e. The number of aromatic nitrogens is 1. The Bertz CT molecular complexity index is 1370. The zero-order valence-electron chi connectivity index (χ0n) is 22.0. The van der Waals surface area contributed by atoms with Crippen molar-refractivity contribution in [2.75, 3.05) is 46.2 Å². The summed E-state index contributed by atoms with van der Waals surface area (Å²) in [6, 6.07) is 12.4. The minimum atomic E-state index is -4.52. The van der Waals surface area contributed by atoms with E-state index in [-0.39, 0.29) is 29.0 Å². The number of rotatable bonds is 6. The standard InChI is InChI=1S/C28H31F3N6O2/c1-36(2)25(38)17-37-13-10-18-6-8-21(15-19(18)11-14-37)34-27(32)35-26-22(5-4-12-33-26)23-16-20(28(29,30)31)7-9-24(23)39-3/h4-9,12,15-16H,10-11,13-14,17H2,1-3H3,(H3,32,33,34,35). The molecule has 39 heavy (non-hydrogen) atoms. The van der Waals surface area contributed by atoms with Crippen molar-refractivity contribution < 1.29 is 22.7 Å². The Kier molecular flexibility index (Phi) is 8.39. The number of hydrogen-bond donors (Lipinski definition) is 2. The van der Waals surface area contributed by atoms with Crippen molar-refractivity contribution in [3.63, 3.8) is 0 Å². The topological polar surface area (TPSA) is 96.1 Å². The molecule has 0 saturated heterocycles. The van der Waals surface area contributed by atoms with Gasteiger partial charge in [0.05, 0.1) is 19.2 Å². The number of methoxy groups -OCH3 is 1. The molecular formula is C28H31F3N6O2. The smallest absolute Gasteiger partial charge is 0.416 e. The van der Waals surface area contributed by atoms with Gasteiger partial charge in [-0.25, -0.2) is 4.98 Å². The first-order chi connectivity index (χ1) is 18.5. The number of hydrogen-bond acceptors (Lipinski definition) is 5. The summed E-state index contributed by atoms with van der Waals surface area (Å²) >= 11 is 0. The lowest BCUT2D eigenvalue weighted by atomic mass is 10.0. The molecule has 8 nitrogen and oxygen atoms in total.